The predicted molar refractivity (Wildman–Crippen MR) is 62.2 cm³/mol. The molecule has 2 rings (SSSR count). The second-order valence-electron chi connectivity index (χ2n) is 3.35. The average molecular weight is 234 g/mol. The standard InChI is InChI=1S/C11H14N4O2/c1-12-11(13-7-9-4-6-17-15-9)14-8-10-3-2-5-16-10/h2-6H,7-8H2,1H3,(H2,12,13,14). The molecule has 17 heavy (non-hydrogen) atoms. The first-order valence-electron chi connectivity index (χ1n) is 5.24. The fourth-order valence-corrected chi connectivity index (χ4v) is 1.31. The van der Waals surface area contributed by atoms with Gasteiger partial charge in [0.05, 0.1) is 19.4 Å². The summed E-state index contributed by atoms with van der Waals surface area (Å²) in [6.07, 6.45) is 3.18. The van der Waals surface area contributed by atoms with Gasteiger partial charge in [-0.1, -0.05) is 5.16 Å². The van der Waals surface area contributed by atoms with Crippen molar-refractivity contribution in [2.24, 2.45) is 4.99 Å². The van der Waals surface area contributed by atoms with Crippen LogP contribution in [-0.4, -0.2) is 18.2 Å². The van der Waals surface area contributed by atoms with E-state index in [1.165, 1.54) is 6.26 Å². The first-order chi connectivity index (χ1) is 8.38. The molecule has 0 aliphatic carbocycles. The van der Waals surface area contributed by atoms with Gasteiger partial charge in [0, 0.05) is 13.1 Å². The van der Waals surface area contributed by atoms with Crippen LogP contribution in [0.25, 0.3) is 0 Å². The van der Waals surface area contributed by atoms with Crippen LogP contribution < -0.4 is 10.6 Å². The smallest absolute Gasteiger partial charge is 0.191 e. The minimum absolute atomic E-state index is 0.564. The highest BCUT2D eigenvalue weighted by Crippen LogP contribution is 1.98. The van der Waals surface area contributed by atoms with E-state index in [9.17, 15) is 0 Å². The van der Waals surface area contributed by atoms with Crippen LogP contribution in [0.2, 0.25) is 0 Å². The van der Waals surface area contributed by atoms with Crippen molar-refractivity contribution in [3.05, 3.63) is 42.2 Å². The zero-order valence-corrected chi connectivity index (χ0v) is 9.51. The maximum atomic E-state index is 5.21. The van der Waals surface area contributed by atoms with Gasteiger partial charge < -0.3 is 19.6 Å². The number of hydrogen-bond acceptors (Lipinski definition) is 4. The average Bonchev–Trinajstić information content (AvgIpc) is 3.02. The maximum Gasteiger partial charge on any atom is 0.191 e. The van der Waals surface area contributed by atoms with Gasteiger partial charge in [-0.05, 0) is 12.1 Å². The molecule has 0 fully saturated rings. The quantitative estimate of drug-likeness (QED) is 0.612. The number of aliphatic imine (C=N–C) groups is 1. The topological polar surface area (TPSA) is 75.6 Å². The molecule has 6 nitrogen and oxygen atoms in total. The summed E-state index contributed by atoms with van der Waals surface area (Å²) in [5, 5.41) is 10.0. The van der Waals surface area contributed by atoms with Gasteiger partial charge in [0.25, 0.3) is 0 Å². The lowest BCUT2D eigenvalue weighted by molar-refractivity contribution is 0.410. The Hall–Kier alpha value is -2.24. The van der Waals surface area contributed by atoms with Gasteiger partial charge in [-0.2, -0.15) is 0 Å². The van der Waals surface area contributed by atoms with Crippen molar-refractivity contribution in [1.29, 1.82) is 0 Å². The second-order valence-corrected chi connectivity index (χ2v) is 3.35. The number of guanidine groups is 1. The minimum Gasteiger partial charge on any atom is -0.467 e. The molecule has 0 aliphatic rings. The van der Waals surface area contributed by atoms with E-state index in [2.05, 4.69) is 20.8 Å². The normalized spacial score (nSPS) is 11.5. The lowest BCUT2D eigenvalue weighted by Crippen LogP contribution is -2.36. The molecule has 0 atom stereocenters. The Kier molecular flexibility index (Phi) is 3.80. The third kappa shape index (κ3) is 3.37. The van der Waals surface area contributed by atoms with Crippen LogP contribution in [0.1, 0.15) is 11.5 Å². The summed E-state index contributed by atoms with van der Waals surface area (Å²) in [7, 11) is 1.71. The second kappa shape index (κ2) is 5.74. The summed E-state index contributed by atoms with van der Waals surface area (Å²) in [6, 6.07) is 5.55. The van der Waals surface area contributed by atoms with Gasteiger partial charge >= 0.3 is 0 Å². The summed E-state index contributed by atoms with van der Waals surface area (Å²) < 4.78 is 9.94. The van der Waals surface area contributed by atoms with E-state index in [-0.39, 0.29) is 0 Å². The molecule has 2 aromatic rings. The van der Waals surface area contributed by atoms with Crippen LogP contribution in [-0.2, 0) is 13.1 Å². The summed E-state index contributed by atoms with van der Waals surface area (Å²) in [6.45, 7) is 1.15. The molecule has 0 amide bonds. The van der Waals surface area contributed by atoms with Crippen LogP contribution in [0.3, 0.4) is 0 Å². The van der Waals surface area contributed by atoms with Gasteiger partial charge in [0.15, 0.2) is 5.96 Å². The zero-order chi connectivity index (χ0) is 11.9. The Labute approximate surface area is 98.7 Å². The van der Waals surface area contributed by atoms with Crippen molar-refractivity contribution < 1.29 is 8.94 Å². The summed E-state index contributed by atoms with van der Waals surface area (Å²) >= 11 is 0. The number of nitrogens with one attached hydrogen (secondary N) is 2. The third-order valence-corrected chi connectivity index (χ3v) is 2.16. The molecular weight excluding hydrogens is 220 g/mol. The van der Waals surface area contributed by atoms with E-state index in [0.717, 1.165) is 11.5 Å². The highest BCUT2D eigenvalue weighted by Gasteiger charge is 2.01. The molecule has 0 unspecified atom stereocenters. The maximum absolute atomic E-state index is 5.21. The summed E-state index contributed by atoms with van der Waals surface area (Å²) in [5.41, 5.74) is 0.825. The van der Waals surface area contributed by atoms with Crippen LogP contribution in [0.15, 0.2) is 44.7 Å². The Bertz CT molecular complexity index is 408. The lowest BCUT2D eigenvalue weighted by atomic mass is 10.4. The highest BCUT2D eigenvalue weighted by atomic mass is 16.5. The van der Waals surface area contributed by atoms with Crippen molar-refractivity contribution in [2.75, 3.05) is 7.05 Å². The van der Waals surface area contributed by atoms with Gasteiger partial charge in [-0.15, -0.1) is 0 Å². The van der Waals surface area contributed by atoms with E-state index in [4.69, 9.17) is 8.94 Å². The molecular formula is C11H14N4O2. The van der Waals surface area contributed by atoms with Gasteiger partial charge in [0.2, 0.25) is 0 Å². The van der Waals surface area contributed by atoms with Crippen molar-refractivity contribution in [2.45, 2.75) is 13.1 Å². The van der Waals surface area contributed by atoms with Crippen LogP contribution in [0.5, 0.6) is 0 Å². The predicted octanol–water partition coefficient (Wildman–Crippen LogP) is 1.13. The molecule has 2 heterocycles. The molecule has 2 N–H and O–H groups in total. The van der Waals surface area contributed by atoms with E-state index in [1.54, 1.807) is 19.4 Å². The molecule has 90 valence electrons. The van der Waals surface area contributed by atoms with Crippen molar-refractivity contribution >= 4 is 5.96 Å². The monoisotopic (exact) mass is 234 g/mol. The Morgan fingerprint density at radius 3 is 2.82 bits per heavy atom. The molecule has 0 radical (unpaired) electrons. The molecule has 0 aromatic carbocycles. The number of nitrogens with zero attached hydrogens (tertiary/aromatic N) is 2. The number of aromatic nitrogens is 1. The Morgan fingerprint density at radius 1 is 1.29 bits per heavy atom. The molecule has 6 heteroatoms. The minimum atomic E-state index is 0.564. The Balaban J connectivity index is 1.77. The van der Waals surface area contributed by atoms with Crippen LogP contribution in [0, 0.1) is 0 Å². The fourth-order valence-electron chi connectivity index (χ4n) is 1.31. The van der Waals surface area contributed by atoms with Crippen molar-refractivity contribution in [3.63, 3.8) is 0 Å². The summed E-state index contributed by atoms with van der Waals surface area (Å²) in [5.74, 6) is 1.54. The Morgan fingerprint density at radius 2 is 2.18 bits per heavy atom. The molecule has 0 spiro atoms. The molecule has 0 saturated heterocycles. The van der Waals surface area contributed by atoms with E-state index in [0.29, 0.717) is 19.0 Å². The SMILES string of the molecule is CN=C(NCc1ccon1)NCc1ccco1. The fraction of sp³-hybridized carbons (Fsp3) is 0.273. The van der Waals surface area contributed by atoms with Crippen molar-refractivity contribution in [3.8, 4) is 0 Å². The van der Waals surface area contributed by atoms with E-state index in [1.807, 2.05) is 12.1 Å². The number of hydrogen-bond donors (Lipinski definition) is 2. The van der Waals surface area contributed by atoms with Crippen LogP contribution >= 0.6 is 0 Å². The molecule has 0 saturated carbocycles. The molecule has 0 bridgehead atoms. The number of furan rings is 1. The highest BCUT2D eigenvalue weighted by molar-refractivity contribution is 5.79. The van der Waals surface area contributed by atoms with E-state index < -0.39 is 0 Å². The van der Waals surface area contributed by atoms with Crippen molar-refractivity contribution in [1.82, 2.24) is 15.8 Å². The van der Waals surface area contributed by atoms with E-state index >= 15 is 0 Å². The van der Waals surface area contributed by atoms with Gasteiger partial charge in [-0.3, -0.25) is 4.99 Å². The number of rotatable bonds is 4. The first kappa shape index (κ1) is 11.3. The third-order valence-electron chi connectivity index (χ3n) is 2.16. The lowest BCUT2D eigenvalue weighted by Gasteiger charge is -2.09. The van der Waals surface area contributed by atoms with Crippen LogP contribution in [0.4, 0.5) is 0 Å². The zero-order valence-electron chi connectivity index (χ0n) is 9.51. The molecule has 2 aromatic heterocycles. The largest absolute Gasteiger partial charge is 0.467 e. The van der Waals surface area contributed by atoms with Gasteiger partial charge in [-0.25, -0.2) is 0 Å². The summed E-state index contributed by atoms with van der Waals surface area (Å²) in [4.78, 5) is 4.08. The molecule has 0 aliphatic heterocycles. The first-order valence-corrected chi connectivity index (χ1v) is 5.24. The van der Waals surface area contributed by atoms with Gasteiger partial charge in [0.1, 0.15) is 17.7 Å².